The molecular weight excluding hydrogens is 231 g/mol. The van der Waals surface area contributed by atoms with Gasteiger partial charge in [-0.25, -0.2) is 4.31 Å². The third kappa shape index (κ3) is 1.88. The molecule has 1 aromatic carbocycles. The average Bonchev–Trinajstić information content (AvgIpc) is 2.61. The molecule has 0 amide bonds. The first-order valence-corrected chi connectivity index (χ1v) is 6.02. The fourth-order valence-corrected chi connectivity index (χ4v) is 2.42. The Hall–Kier alpha value is -1.56. The van der Waals surface area contributed by atoms with Gasteiger partial charge in [0.15, 0.2) is 0 Å². The number of hydrogen-bond acceptors (Lipinski definition) is 3. The van der Waals surface area contributed by atoms with Crippen molar-refractivity contribution in [2.24, 2.45) is 0 Å². The lowest BCUT2D eigenvalue weighted by Gasteiger charge is -2.27. The summed E-state index contributed by atoms with van der Waals surface area (Å²) in [6.07, 6.45) is 2.10. The second-order valence-corrected chi connectivity index (χ2v) is 4.77. The van der Waals surface area contributed by atoms with Crippen LogP contribution in [0.1, 0.15) is 11.7 Å². The van der Waals surface area contributed by atoms with Gasteiger partial charge in [0.1, 0.15) is 6.17 Å². The SMILES string of the molecule is CN1C=CN(S(=O)(=O)F)C1c1ccccc1. The van der Waals surface area contributed by atoms with E-state index < -0.39 is 16.6 Å². The molecule has 0 bridgehead atoms. The van der Waals surface area contributed by atoms with Gasteiger partial charge in [-0.15, -0.1) is 0 Å². The molecule has 0 aromatic heterocycles. The van der Waals surface area contributed by atoms with Crippen molar-refractivity contribution >= 4 is 10.4 Å². The second kappa shape index (κ2) is 3.79. The molecule has 1 heterocycles. The van der Waals surface area contributed by atoms with Gasteiger partial charge in [0, 0.05) is 19.4 Å². The van der Waals surface area contributed by atoms with Crippen LogP contribution in [0.4, 0.5) is 3.89 Å². The maximum Gasteiger partial charge on any atom is 0.401 e. The van der Waals surface area contributed by atoms with E-state index in [2.05, 4.69) is 0 Å². The van der Waals surface area contributed by atoms with Crippen LogP contribution in [0.25, 0.3) is 0 Å². The summed E-state index contributed by atoms with van der Waals surface area (Å²) in [6, 6.07) is 8.90. The van der Waals surface area contributed by atoms with Crippen molar-refractivity contribution in [1.29, 1.82) is 0 Å². The molecule has 16 heavy (non-hydrogen) atoms. The summed E-state index contributed by atoms with van der Waals surface area (Å²) in [5.41, 5.74) is 0.719. The number of nitrogens with zero attached hydrogens (tertiary/aromatic N) is 2. The van der Waals surface area contributed by atoms with E-state index in [9.17, 15) is 12.3 Å². The molecule has 0 saturated heterocycles. The van der Waals surface area contributed by atoms with E-state index in [-0.39, 0.29) is 0 Å². The Morgan fingerprint density at radius 3 is 2.38 bits per heavy atom. The van der Waals surface area contributed by atoms with Gasteiger partial charge in [-0.2, -0.15) is 8.42 Å². The summed E-state index contributed by atoms with van der Waals surface area (Å²) in [5.74, 6) is 0. The van der Waals surface area contributed by atoms with E-state index in [1.54, 1.807) is 36.2 Å². The molecule has 1 aliphatic heterocycles. The number of hydrogen-bond donors (Lipinski definition) is 0. The molecule has 1 unspecified atom stereocenters. The normalized spacial score (nSPS) is 20.5. The minimum absolute atomic E-state index is 0.642. The van der Waals surface area contributed by atoms with Crippen LogP contribution in [0, 0.1) is 0 Å². The standard InChI is InChI=1S/C10H11FN2O2S/c1-12-7-8-13(16(11,14)15)10(12)9-5-3-2-4-6-9/h2-8,10H,1H3. The quantitative estimate of drug-likeness (QED) is 0.740. The monoisotopic (exact) mass is 242 g/mol. The minimum Gasteiger partial charge on any atom is -0.354 e. The molecule has 6 heteroatoms. The summed E-state index contributed by atoms with van der Waals surface area (Å²) >= 11 is 0. The van der Waals surface area contributed by atoms with Gasteiger partial charge >= 0.3 is 10.4 Å². The molecule has 0 radical (unpaired) electrons. The molecule has 0 saturated carbocycles. The van der Waals surface area contributed by atoms with Crippen molar-refractivity contribution in [3.63, 3.8) is 0 Å². The topological polar surface area (TPSA) is 40.6 Å². The molecule has 86 valence electrons. The van der Waals surface area contributed by atoms with Crippen LogP contribution in [-0.2, 0) is 10.4 Å². The molecule has 0 N–H and O–H groups in total. The first kappa shape index (κ1) is 10.9. The third-order valence-electron chi connectivity index (χ3n) is 2.43. The fourth-order valence-electron chi connectivity index (χ4n) is 1.71. The summed E-state index contributed by atoms with van der Waals surface area (Å²) in [4.78, 5) is 1.63. The highest BCUT2D eigenvalue weighted by Gasteiger charge is 2.33. The lowest BCUT2D eigenvalue weighted by molar-refractivity contribution is 0.248. The highest BCUT2D eigenvalue weighted by molar-refractivity contribution is 7.84. The Morgan fingerprint density at radius 2 is 1.81 bits per heavy atom. The van der Waals surface area contributed by atoms with E-state index in [1.807, 2.05) is 6.07 Å². The highest BCUT2D eigenvalue weighted by atomic mass is 32.3. The maximum absolute atomic E-state index is 13.0. The predicted molar refractivity (Wildman–Crippen MR) is 58.0 cm³/mol. The minimum atomic E-state index is -4.73. The third-order valence-corrected chi connectivity index (χ3v) is 3.25. The summed E-state index contributed by atoms with van der Waals surface area (Å²) in [7, 11) is -3.03. The van der Waals surface area contributed by atoms with E-state index in [4.69, 9.17) is 0 Å². The van der Waals surface area contributed by atoms with Crippen LogP contribution >= 0.6 is 0 Å². The highest BCUT2D eigenvalue weighted by Crippen LogP contribution is 2.31. The number of benzene rings is 1. The summed E-state index contributed by atoms with van der Waals surface area (Å²) in [6.45, 7) is 0. The van der Waals surface area contributed by atoms with Crippen LogP contribution in [0.2, 0.25) is 0 Å². The van der Waals surface area contributed by atoms with Crippen LogP contribution in [0.15, 0.2) is 42.7 Å². The molecular formula is C10H11FN2O2S. The van der Waals surface area contributed by atoms with Crippen molar-refractivity contribution in [2.45, 2.75) is 6.17 Å². The largest absolute Gasteiger partial charge is 0.401 e. The molecule has 2 rings (SSSR count). The molecule has 1 atom stereocenters. The summed E-state index contributed by atoms with van der Waals surface area (Å²) < 4.78 is 35.6. The van der Waals surface area contributed by atoms with Gasteiger partial charge in [-0.1, -0.05) is 34.2 Å². The molecule has 1 aliphatic rings. The molecule has 1 aromatic rings. The average molecular weight is 242 g/mol. The zero-order valence-electron chi connectivity index (χ0n) is 8.62. The molecule has 4 nitrogen and oxygen atoms in total. The Bertz CT molecular complexity index is 501. The van der Waals surface area contributed by atoms with Crippen LogP contribution < -0.4 is 0 Å². The molecule has 0 aliphatic carbocycles. The predicted octanol–water partition coefficient (Wildman–Crippen LogP) is 1.62. The van der Waals surface area contributed by atoms with Crippen LogP contribution in [0.3, 0.4) is 0 Å². The summed E-state index contributed by atoms with van der Waals surface area (Å²) in [5, 5.41) is 0. The Kier molecular flexibility index (Phi) is 2.59. The Morgan fingerprint density at radius 1 is 1.19 bits per heavy atom. The van der Waals surface area contributed by atoms with Crippen molar-refractivity contribution in [1.82, 2.24) is 9.21 Å². The lowest BCUT2D eigenvalue weighted by atomic mass is 10.2. The van der Waals surface area contributed by atoms with E-state index in [0.717, 1.165) is 5.56 Å². The van der Waals surface area contributed by atoms with Crippen molar-refractivity contribution in [3.05, 3.63) is 48.3 Å². The van der Waals surface area contributed by atoms with Gasteiger partial charge in [-0.05, 0) is 5.56 Å². The zero-order valence-corrected chi connectivity index (χ0v) is 9.43. The van der Waals surface area contributed by atoms with Crippen LogP contribution in [-0.4, -0.2) is 24.7 Å². The van der Waals surface area contributed by atoms with Crippen molar-refractivity contribution in [3.8, 4) is 0 Å². The number of halogens is 1. The van der Waals surface area contributed by atoms with Gasteiger partial charge in [0.05, 0.1) is 0 Å². The van der Waals surface area contributed by atoms with Crippen molar-refractivity contribution < 1.29 is 12.3 Å². The Labute approximate surface area is 93.9 Å². The smallest absolute Gasteiger partial charge is 0.354 e. The zero-order chi connectivity index (χ0) is 11.8. The van der Waals surface area contributed by atoms with Crippen molar-refractivity contribution in [2.75, 3.05) is 7.05 Å². The van der Waals surface area contributed by atoms with Crippen LogP contribution in [0.5, 0.6) is 0 Å². The molecule has 0 spiro atoms. The van der Waals surface area contributed by atoms with E-state index in [0.29, 0.717) is 4.31 Å². The first-order valence-electron chi connectivity index (χ1n) is 4.68. The van der Waals surface area contributed by atoms with Gasteiger partial charge in [0.25, 0.3) is 0 Å². The molecule has 0 fully saturated rings. The first-order chi connectivity index (χ1) is 7.50. The van der Waals surface area contributed by atoms with Gasteiger partial charge in [0.2, 0.25) is 0 Å². The lowest BCUT2D eigenvalue weighted by Crippen LogP contribution is -2.30. The van der Waals surface area contributed by atoms with E-state index >= 15 is 0 Å². The maximum atomic E-state index is 13.0. The second-order valence-electron chi connectivity index (χ2n) is 3.52. The van der Waals surface area contributed by atoms with E-state index in [1.165, 1.54) is 12.4 Å². The van der Waals surface area contributed by atoms with Gasteiger partial charge < -0.3 is 4.90 Å². The fraction of sp³-hybridized carbons (Fsp3) is 0.200. The van der Waals surface area contributed by atoms with Gasteiger partial charge in [-0.3, -0.25) is 0 Å². The number of rotatable bonds is 2. The Balaban J connectivity index is 2.40.